The molecule has 0 aliphatic heterocycles. The number of carbonyl (C=O) groups is 1. The Morgan fingerprint density at radius 1 is 2.00 bits per heavy atom. The van der Waals surface area contributed by atoms with Gasteiger partial charge in [-0.3, -0.25) is 4.79 Å². The summed E-state index contributed by atoms with van der Waals surface area (Å²) in [6.45, 7) is 0. The van der Waals surface area contributed by atoms with Crippen molar-refractivity contribution in [3.05, 3.63) is 0 Å². The molecular weight excluding hydrogens is 103 g/mol. The average Bonchev–Trinajstić information content (AvgIpc) is 1.35. The van der Waals surface area contributed by atoms with E-state index in [0.29, 0.717) is 0 Å². The Morgan fingerprint density at radius 3 is 2.50 bits per heavy atom. The molecule has 0 fully saturated rings. The highest BCUT2D eigenvalue weighted by Gasteiger charge is 1.83. The lowest BCUT2D eigenvalue weighted by molar-refractivity contribution is -0.153. The Kier molecular flexibility index (Phi) is 2.99. The van der Waals surface area contributed by atoms with Gasteiger partial charge in [0.2, 0.25) is 0 Å². The molecule has 0 saturated carbocycles. The van der Waals surface area contributed by atoms with E-state index in [9.17, 15) is 9.69 Å². The van der Waals surface area contributed by atoms with Gasteiger partial charge in [0.1, 0.15) is 0 Å². The van der Waals surface area contributed by atoms with Gasteiger partial charge in [0.25, 0.3) is 0 Å². The summed E-state index contributed by atoms with van der Waals surface area (Å²) >= 11 is 0. The summed E-state index contributed by atoms with van der Waals surface area (Å²) in [5, 5.41) is 7.72. The van der Waals surface area contributed by atoms with Crippen molar-refractivity contribution in [1.29, 1.82) is 0 Å². The monoisotopic (exact) mass is 107 g/mol. The SMILES string of the molecule is O=C(O)CP[O-]. The van der Waals surface area contributed by atoms with Crippen LogP contribution in [0.3, 0.4) is 0 Å². The molecule has 0 aliphatic carbocycles. The van der Waals surface area contributed by atoms with Gasteiger partial charge in [-0.1, -0.05) is 0 Å². The van der Waals surface area contributed by atoms with Crippen LogP contribution in [0, 0.1) is 0 Å². The zero-order valence-corrected chi connectivity index (χ0v) is 3.97. The second-order valence-electron chi connectivity index (χ2n) is 0.715. The zero-order chi connectivity index (χ0) is 4.99. The summed E-state index contributed by atoms with van der Waals surface area (Å²) in [6.07, 6.45) is -0.236. The van der Waals surface area contributed by atoms with Crippen molar-refractivity contribution in [2.75, 3.05) is 6.16 Å². The normalized spacial score (nSPS) is 10.2. The molecule has 4 heteroatoms. The van der Waals surface area contributed by atoms with Gasteiger partial charge in [-0.15, -0.1) is 0 Å². The van der Waals surface area contributed by atoms with Crippen molar-refractivity contribution >= 4 is 14.8 Å². The molecule has 0 heterocycles. The number of carboxylic acid groups (broad SMARTS) is 1. The van der Waals surface area contributed by atoms with Gasteiger partial charge in [0.15, 0.2) is 0 Å². The first-order valence-electron chi connectivity index (χ1n) is 1.34. The van der Waals surface area contributed by atoms with E-state index in [2.05, 4.69) is 0 Å². The van der Waals surface area contributed by atoms with Crippen molar-refractivity contribution in [1.82, 2.24) is 0 Å². The Labute approximate surface area is 36.9 Å². The summed E-state index contributed by atoms with van der Waals surface area (Å²) in [5.74, 6) is -1.01. The average molecular weight is 107 g/mol. The van der Waals surface area contributed by atoms with Crippen molar-refractivity contribution in [2.24, 2.45) is 0 Å². The highest BCUT2D eigenvalue weighted by atomic mass is 31.1. The second-order valence-corrected chi connectivity index (χ2v) is 1.36. The van der Waals surface area contributed by atoms with Crippen molar-refractivity contribution in [3.63, 3.8) is 0 Å². The maximum absolute atomic E-state index is 9.41. The molecular formula is C2H4O3P-. The molecule has 0 amide bonds. The van der Waals surface area contributed by atoms with E-state index in [-0.39, 0.29) is 6.16 Å². The third-order valence-corrected chi connectivity index (χ3v) is 0.670. The first-order valence-corrected chi connectivity index (χ1v) is 2.45. The van der Waals surface area contributed by atoms with Crippen molar-refractivity contribution in [3.8, 4) is 0 Å². The molecule has 0 aromatic heterocycles. The van der Waals surface area contributed by atoms with E-state index in [1.165, 1.54) is 0 Å². The molecule has 1 N–H and O–H groups in total. The summed E-state index contributed by atoms with van der Waals surface area (Å²) in [4.78, 5) is 18.8. The van der Waals surface area contributed by atoms with Crippen LogP contribution >= 0.6 is 8.81 Å². The molecule has 0 spiro atoms. The summed E-state index contributed by atoms with van der Waals surface area (Å²) in [7, 11) is -0.711. The Balaban J connectivity index is 2.83. The van der Waals surface area contributed by atoms with Crippen LogP contribution < -0.4 is 4.89 Å². The number of rotatable bonds is 2. The fourth-order valence-corrected chi connectivity index (χ4v) is 0.185. The fourth-order valence-electron chi connectivity index (χ4n) is 0.0617. The zero-order valence-electron chi connectivity index (χ0n) is 2.97. The standard InChI is InChI=1S/C2H4O3P/c3-2(4)1-6-5/h6H,1H2,(H,3,4)/q-1. The summed E-state index contributed by atoms with van der Waals surface area (Å²) in [6, 6.07) is 0. The van der Waals surface area contributed by atoms with Crippen LogP contribution in [0.4, 0.5) is 0 Å². The van der Waals surface area contributed by atoms with E-state index >= 15 is 0 Å². The third kappa shape index (κ3) is 3.86. The quantitative estimate of drug-likeness (QED) is 0.461. The molecule has 0 aromatic carbocycles. The largest absolute Gasteiger partial charge is 0.831 e. The minimum atomic E-state index is -1.01. The Bertz CT molecular complexity index is 52.8. The van der Waals surface area contributed by atoms with Gasteiger partial charge in [0.05, 0.1) is 0 Å². The number of hydrogen-bond donors (Lipinski definition) is 1. The molecule has 3 nitrogen and oxygen atoms in total. The first kappa shape index (κ1) is 5.86. The van der Waals surface area contributed by atoms with E-state index < -0.39 is 14.8 Å². The second kappa shape index (κ2) is 3.07. The number of carboxylic acids is 1. The molecule has 0 bridgehead atoms. The fraction of sp³-hybridized carbons (Fsp3) is 0.500. The van der Waals surface area contributed by atoms with Crippen LogP contribution in [0.2, 0.25) is 0 Å². The topological polar surface area (TPSA) is 60.4 Å². The summed E-state index contributed by atoms with van der Waals surface area (Å²) in [5.41, 5.74) is 0. The highest BCUT2D eigenvalue weighted by Crippen LogP contribution is 1.89. The van der Waals surface area contributed by atoms with E-state index in [1.807, 2.05) is 0 Å². The highest BCUT2D eigenvalue weighted by molar-refractivity contribution is 7.30. The molecule has 0 saturated heterocycles. The predicted octanol–water partition coefficient (Wildman–Crippen LogP) is -0.975. The van der Waals surface area contributed by atoms with Crippen molar-refractivity contribution in [2.45, 2.75) is 0 Å². The van der Waals surface area contributed by atoms with Gasteiger partial charge >= 0.3 is 5.97 Å². The van der Waals surface area contributed by atoms with E-state index in [4.69, 9.17) is 5.11 Å². The molecule has 0 aliphatic rings. The minimum absolute atomic E-state index is 0.236. The van der Waals surface area contributed by atoms with E-state index in [0.717, 1.165) is 0 Å². The third-order valence-electron chi connectivity index (χ3n) is 0.223. The molecule has 1 unspecified atom stereocenters. The van der Waals surface area contributed by atoms with Crippen LogP contribution in [-0.4, -0.2) is 17.2 Å². The van der Waals surface area contributed by atoms with Crippen LogP contribution in [-0.2, 0) is 4.79 Å². The predicted molar refractivity (Wildman–Crippen MR) is 20.8 cm³/mol. The van der Waals surface area contributed by atoms with Gasteiger partial charge in [-0.2, -0.15) is 0 Å². The van der Waals surface area contributed by atoms with Gasteiger partial charge < -0.3 is 10.00 Å². The van der Waals surface area contributed by atoms with Gasteiger partial charge in [-0.05, 0) is 0 Å². The minimum Gasteiger partial charge on any atom is -0.831 e. The lowest BCUT2D eigenvalue weighted by Crippen LogP contribution is -1.99. The number of hydrogen-bond acceptors (Lipinski definition) is 2. The maximum atomic E-state index is 9.41. The molecule has 36 valence electrons. The van der Waals surface area contributed by atoms with Gasteiger partial charge in [-0.25, -0.2) is 8.81 Å². The maximum Gasteiger partial charge on any atom is 0.306 e. The van der Waals surface area contributed by atoms with Crippen LogP contribution in [0.5, 0.6) is 0 Å². The molecule has 1 atom stereocenters. The number of aliphatic carboxylic acids is 1. The van der Waals surface area contributed by atoms with Gasteiger partial charge in [0, 0.05) is 6.16 Å². The Morgan fingerprint density at radius 2 is 2.50 bits per heavy atom. The molecule has 6 heavy (non-hydrogen) atoms. The van der Waals surface area contributed by atoms with Crippen LogP contribution in [0.15, 0.2) is 0 Å². The summed E-state index contributed by atoms with van der Waals surface area (Å²) < 4.78 is 0. The van der Waals surface area contributed by atoms with Crippen LogP contribution in [0.25, 0.3) is 0 Å². The lowest BCUT2D eigenvalue weighted by atomic mass is 10.8. The molecule has 0 rings (SSSR count). The Hall–Kier alpha value is -0.140. The first-order chi connectivity index (χ1) is 2.77. The van der Waals surface area contributed by atoms with Crippen LogP contribution in [0.1, 0.15) is 0 Å². The van der Waals surface area contributed by atoms with E-state index in [1.54, 1.807) is 0 Å². The smallest absolute Gasteiger partial charge is 0.306 e. The molecule has 0 aromatic rings. The molecule has 0 radical (unpaired) electrons. The lowest BCUT2D eigenvalue weighted by Gasteiger charge is -1.94. The van der Waals surface area contributed by atoms with Crippen molar-refractivity contribution < 1.29 is 14.8 Å².